The summed E-state index contributed by atoms with van der Waals surface area (Å²) in [6.45, 7) is 3.18. The maximum absolute atomic E-state index is 13.1. The van der Waals surface area contributed by atoms with Crippen molar-refractivity contribution in [3.8, 4) is 6.07 Å². The van der Waals surface area contributed by atoms with Crippen LogP contribution in [0.4, 0.5) is 5.69 Å². The van der Waals surface area contributed by atoms with Crippen LogP contribution in [-0.4, -0.2) is 31.9 Å². The van der Waals surface area contributed by atoms with Crippen LogP contribution in [0.5, 0.6) is 0 Å². The molecule has 2 N–H and O–H groups in total. The Kier molecular flexibility index (Phi) is 6.64. The van der Waals surface area contributed by atoms with Gasteiger partial charge in [0.1, 0.15) is 11.5 Å². The van der Waals surface area contributed by atoms with Crippen molar-refractivity contribution in [3.63, 3.8) is 0 Å². The van der Waals surface area contributed by atoms with Gasteiger partial charge >= 0.3 is 11.9 Å². The highest BCUT2D eigenvalue weighted by Crippen LogP contribution is 2.44. The number of ether oxygens (including phenoxy) is 2. The first-order valence-corrected chi connectivity index (χ1v) is 10.0. The van der Waals surface area contributed by atoms with Crippen LogP contribution in [0, 0.1) is 18.3 Å². The summed E-state index contributed by atoms with van der Waals surface area (Å²) in [5, 5.41) is 10.1. The Labute approximate surface area is 191 Å². The largest absolute Gasteiger partial charge is 0.466 e. The minimum atomic E-state index is -0.973. The Morgan fingerprint density at radius 3 is 2.21 bits per heavy atom. The van der Waals surface area contributed by atoms with Crippen LogP contribution >= 0.6 is 0 Å². The van der Waals surface area contributed by atoms with E-state index in [-0.39, 0.29) is 39.7 Å². The summed E-state index contributed by atoms with van der Waals surface area (Å²) in [7, 11) is 2.35. The van der Waals surface area contributed by atoms with Crippen LogP contribution in [0.1, 0.15) is 34.3 Å². The second kappa shape index (κ2) is 9.40. The SMILES string of the molecule is COC(=O)C1=C(C(=O)OC)N(c2cc(C)ccc2C(C)=O)C(N)=C(C#N)C1c1ccccc1. The number of methoxy groups -OCH3 is 2. The number of aryl methyl sites for hydroxylation is 1. The number of Topliss-reactive ketones (excluding diaryl/α,β-unsaturated/α-hetero) is 1. The van der Waals surface area contributed by atoms with Gasteiger partial charge in [0.15, 0.2) is 5.78 Å². The number of nitrogens with two attached hydrogens (primary N) is 1. The van der Waals surface area contributed by atoms with Crippen molar-refractivity contribution in [3.05, 3.63) is 87.9 Å². The lowest BCUT2D eigenvalue weighted by Gasteiger charge is -2.36. The molecule has 0 aliphatic carbocycles. The number of nitrogens with zero attached hydrogens (tertiary/aromatic N) is 2. The van der Waals surface area contributed by atoms with Crippen molar-refractivity contribution in [1.82, 2.24) is 0 Å². The molecule has 1 aliphatic rings. The number of rotatable bonds is 5. The van der Waals surface area contributed by atoms with Gasteiger partial charge in [-0.15, -0.1) is 0 Å². The van der Waals surface area contributed by atoms with E-state index >= 15 is 0 Å². The van der Waals surface area contributed by atoms with Gasteiger partial charge in [0.25, 0.3) is 0 Å². The molecule has 168 valence electrons. The molecule has 8 nitrogen and oxygen atoms in total. The van der Waals surface area contributed by atoms with Gasteiger partial charge < -0.3 is 15.2 Å². The molecule has 0 spiro atoms. The van der Waals surface area contributed by atoms with Crippen LogP contribution in [0.3, 0.4) is 0 Å². The van der Waals surface area contributed by atoms with Gasteiger partial charge in [-0.25, -0.2) is 9.59 Å². The van der Waals surface area contributed by atoms with Gasteiger partial charge in [-0.05, 0) is 37.1 Å². The number of carbonyl (C=O) groups excluding carboxylic acids is 3. The van der Waals surface area contributed by atoms with Gasteiger partial charge in [-0.3, -0.25) is 9.69 Å². The molecule has 0 amide bonds. The second-order valence-corrected chi connectivity index (χ2v) is 7.41. The molecule has 1 unspecified atom stereocenters. The van der Waals surface area contributed by atoms with Gasteiger partial charge in [0.05, 0.1) is 43.0 Å². The zero-order chi connectivity index (χ0) is 24.3. The van der Waals surface area contributed by atoms with Crippen LogP contribution in [0.2, 0.25) is 0 Å². The lowest BCUT2D eigenvalue weighted by Crippen LogP contribution is -2.41. The zero-order valence-electron chi connectivity index (χ0n) is 18.7. The van der Waals surface area contributed by atoms with Crippen LogP contribution < -0.4 is 10.6 Å². The maximum Gasteiger partial charge on any atom is 0.355 e. The third-order valence-corrected chi connectivity index (χ3v) is 5.38. The van der Waals surface area contributed by atoms with E-state index in [1.54, 1.807) is 55.5 Å². The highest BCUT2D eigenvalue weighted by molar-refractivity contribution is 6.08. The number of carbonyl (C=O) groups is 3. The van der Waals surface area contributed by atoms with Crippen molar-refractivity contribution in [2.45, 2.75) is 19.8 Å². The third kappa shape index (κ3) is 4.08. The van der Waals surface area contributed by atoms with Gasteiger partial charge in [-0.2, -0.15) is 5.26 Å². The number of ketones is 1. The topological polar surface area (TPSA) is 123 Å². The minimum Gasteiger partial charge on any atom is -0.466 e. The highest BCUT2D eigenvalue weighted by atomic mass is 16.5. The maximum atomic E-state index is 13.1. The summed E-state index contributed by atoms with van der Waals surface area (Å²) in [6.07, 6.45) is 0. The smallest absolute Gasteiger partial charge is 0.355 e. The van der Waals surface area contributed by atoms with E-state index in [4.69, 9.17) is 15.2 Å². The summed E-state index contributed by atoms with van der Waals surface area (Å²) >= 11 is 0. The van der Waals surface area contributed by atoms with Crippen molar-refractivity contribution >= 4 is 23.4 Å². The average Bonchev–Trinajstić information content (AvgIpc) is 2.82. The third-order valence-electron chi connectivity index (χ3n) is 5.38. The van der Waals surface area contributed by atoms with E-state index in [0.717, 1.165) is 5.56 Å². The molecular weight excluding hydrogens is 422 g/mol. The van der Waals surface area contributed by atoms with E-state index < -0.39 is 17.9 Å². The minimum absolute atomic E-state index is 0.0326. The van der Waals surface area contributed by atoms with Crippen molar-refractivity contribution in [2.75, 3.05) is 19.1 Å². The molecule has 33 heavy (non-hydrogen) atoms. The number of anilines is 1. The Bertz CT molecular complexity index is 1240. The number of nitriles is 1. The summed E-state index contributed by atoms with van der Waals surface area (Å²) in [5.41, 5.74) is 8.02. The molecule has 1 heterocycles. The summed E-state index contributed by atoms with van der Waals surface area (Å²) in [5.74, 6) is -3.05. The molecule has 0 fully saturated rings. The second-order valence-electron chi connectivity index (χ2n) is 7.41. The lowest BCUT2D eigenvalue weighted by molar-refractivity contribution is -0.139. The first-order chi connectivity index (χ1) is 15.8. The molecule has 8 heteroatoms. The van der Waals surface area contributed by atoms with E-state index in [0.29, 0.717) is 5.56 Å². The Balaban J connectivity index is 2.49. The number of hydrogen-bond donors (Lipinski definition) is 1. The molecule has 2 aromatic rings. The summed E-state index contributed by atoms with van der Waals surface area (Å²) < 4.78 is 10.0. The molecule has 0 aromatic heterocycles. The van der Waals surface area contributed by atoms with Gasteiger partial charge in [0.2, 0.25) is 0 Å². The molecular formula is C25H23N3O5. The summed E-state index contributed by atoms with van der Waals surface area (Å²) in [6, 6.07) is 15.8. The average molecular weight is 445 g/mol. The van der Waals surface area contributed by atoms with Crippen molar-refractivity contribution in [2.24, 2.45) is 5.73 Å². The molecule has 0 bridgehead atoms. The van der Waals surface area contributed by atoms with Crippen molar-refractivity contribution in [1.29, 1.82) is 5.26 Å². The normalized spacial score (nSPS) is 15.7. The fourth-order valence-electron chi connectivity index (χ4n) is 3.89. The van der Waals surface area contributed by atoms with E-state index in [1.807, 2.05) is 0 Å². The monoisotopic (exact) mass is 445 g/mol. The molecule has 0 saturated carbocycles. The number of esters is 2. The quantitative estimate of drug-likeness (QED) is 0.550. The van der Waals surface area contributed by atoms with Gasteiger partial charge in [0, 0.05) is 5.56 Å². The Hall–Kier alpha value is -4.38. The van der Waals surface area contributed by atoms with E-state index in [1.165, 1.54) is 26.0 Å². The first kappa shape index (κ1) is 23.3. The molecule has 1 atom stereocenters. The van der Waals surface area contributed by atoms with E-state index in [9.17, 15) is 19.6 Å². The predicted octanol–water partition coefficient (Wildman–Crippen LogP) is 3.10. The van der Waals surface area contributed by atoms with Crippen molar-refractivity contribution < 1.29 is 23.9 Å². The van der Waals surface area contributed by atoms with Crippen LogP contribution in [0.15, 0.2) is 71.2 Å². The predicted molar refractivity (Wildman–Crippen MR) is 121 cm³/mol. The summed E-state index contributed by atoms with van der Waals surface area (Å²) in [4.78, 5) is 39.8. The molecule has 3 rings (SSSR count). The number of allylic oxidation sites excluding steroid dienone is 1. The Morgan fingerprint density at radius 1 is 1.03 bits per heavy atom. The number of benzene rings is 2. The molecule has 0 radical (unpaired) electrons. The lowest BCUT2D eigenvalue weighted by atomic mass is 9.80. The Morgan fingerprint density at radius 2 is 1.67 bits per heavy atom. The van der Waals surface area contributed by atoms with Crippen LogP contribution in [0.25, 0.3) is 0 Å². The fraction of sp³-hybridized carbons (Fsp3) is 0.200. The first-order valence-electron chi connectivity index (χ1n) is 10.0. The van der Waals surface area contributed by atoms with Crippen LogP contribution in [-0.2, 0) is 19.1 Å². The highest BCUT2D eigenvalue weighted by Gasteiger charge is 2.43. The number of hydrogen-bond acceptors (Lipinski definition) is 8. The van der Waals surface area contributed by atoms with E-state index in [2.05, 4.69) is 6.07 Å². The molecule has 1 aliphatic heterocycles. The molecule has 2 aromatic carbocycles. The standard InChI is InChI=1S/C25H23N3O5/c1-14-10-11-17(15(2)29)19(12-14)28-22(25(31)33-4)21(24(30)32-3)20(18(13-26)23(28)27)16-8-6-5-7-9-16/h5-12,20H,27H2,1-4H3. The zero-order valence-corrected chi connectivity index (χ0v) is 18.7. The molecule has 0 saturated heterocycles. The van der Waals surface area contributed by atoms with Gasteiger partial charge in [-0.1, -0.05) is 36.4 Å². The fourth-order valence-corrected chi connectivity index (χ4v) is 3.89.